The molecule has 1 saturated heterocycles. The molecule has 0 bridgehead atoms. The van der Waals surface area contributed by atoms with Crippen molar-refractivity contribution in [2.45, 2.75) is 53.2 Å². The van der Waals surface area contributed by atoms with E-state index in [1.54, 1.807) is 0 Å². The van der Waals surface area contributed by atoms with Crippen molar-refractivity contribution in [3.05, 3.63) is 29.8 Å². The number of benzene rings is 1. The van der Waals surface area contributed by atoms with Crippen LogP contribution >= 0.6 is 24.0 Å². The Morgan fingerprint density at radius 2 is 1.93 bits per heavy atom. The highest BCUT2D eigenvalue weighted by Gasteiger charge is 2.31. The van der Waals surface area contributed by atoms with Crippen LogP contribution in [0.15, 0.2) is 29.3 Å². The Bertz CT molecular complexity index is 636. The molecule has 0 saturated carbocycles. The van der Waals surface area contributed by atoms with Crippen molar-refractivity contribution in [2.24, 2.45) is 10.9 Å². The lowest BCUT2D eigenvalue weighted by molar-refractivity contribution is 0.221. The van der Waals surface area contributed by atoms with Gasteiger partial charge >= 0.3 is 0 Å². The number of nitrogens with one attached hydrogen (secondary N) is 2. The summed E-state index contributed by atoms with van der Waals surface area (Å²) in [7, 11) is 1.83. The molecule has 0 radical (unpaired) electrons. The number of rotatable bonds is 10. The van der Waals surface area contributed by atoms with Crippen LogP contribution in [-0.4, -0.2) is 74.2 Å². The first-order valence-corrected chi connectivity index (χ1v) is 11.1. The number of guanidine groups is 1. The van der Waals surface area contributed by atoms with Crippen LogP contribution in [0.25, 0.3) is 0 Å². The molecule has 30 heavy (non-hydrogen) atoms. The van der Waals surface area contributed by atoms with Gasteiger partial charge in [0.05, 0.1) is 0 Å². The summed E-state index contributed by atoms with van der Waals surface area (Å²) in [6, 6.07) is 9.26. The van der Waals surface area contributed by atoms with Crippen molar-refractivity contribution in [1.82, 2.24) is 20.4 Å². The summed E-state index contributed by atoms with van der Waals surface area (Å²) in [4.78, 5) is 9.33. The molecule has 0 spiro atoms. The van der Waals surface area contributed by atoms with Gasteiger partial charge in [-0.2, -0.15) is 0 Å². The second-order valence-corrected chi connectivity index (χ2v) is 8.18. The van der Waals surface area contributed by atoms with Crippen LogP contribution < -0.4 is 15.4 Å². The minimum atomic E-state index is 0. The average Bonchev–Trinajstić information content (AvgIpc) is 3.10. The fraction of sp³-hybridized carbons (Fsp3) is 0.696. The zero-order valence-electron chi connectivity index (χ0n) is 19.6. The highest BCUT2D eigenvalue weighted by Crippen LogP contribution is 2.19. The first-order chi connectivity index (χ1) is 14.0. The lowest BCUT2D eigenvalue weighted by Gasteiger charge is -2.22. The van der Waals surface area contributed by atoms with Gasteiger partial charge in [0.1, 0.15) is 12.4 Å². The maximum Gasteiger partial charge on any atom is 0.191 e. The number of hydrogen-bond donors (Lipinski definition) is 2. The van der Waals surface area contributed by atoms with Crippen molar-refractivity contribution in [3.63, 3.8) is 0 Å². The summed E-state index contributed by atoms with van der Waals surface area (Å²) in [5, 5.41) is 7.08. The first-order valence-electron chi connectivity index (χ1n) is 11.1. The minimum absolute atomic E-state index is 0. The zero-order valence-corrected chi connectivity index (χ0v) is 22.0. The molecule has 172 valence electrons. The molecule has 2 unspecified atom stereocenters. The van der Waals surface area contributed by atoms with E-state index in [9.17, 15) is 0 Å². The predicted molar refractivity (Wildman–Crippen MR) is 138 cm³/mol. The smallest absolute Gasteiger partial charge is 0.191 e. The first kappa shape index (κ1) is 27.0. The minimum Gasteiger partial charge on any atom is -0.492 e. The Kier molecular flexibility index (Phi) is 12.7. The van der Waals surface area contributed by atoms with Crippen LogP contribution in [0, 0.1) is 5.92 Å². The van der Waals surface area contributed by atoms with Crippen molar-refractivity contribution in [1.29, 1.82) is 0 Å². The maximum absolute atomic E-state index is 6.08. The lowest BCUT2D eigenvalue weighted by Crippen LogP contribution is -2.46. The number of likely N-dealkylation sites (N-methyl/N-ethyl adjacent to an activating group) is 1. The molecule has 1 heterocycles. The van der Waals surface area contributed by atoms with E-state index < -0.39 is 0 Å². The van der Waals surface area contributed by atoms with Gasteiger partial charge in [-0.05, 0) is 38.9 Å². The highest BCUT2D eigenvalue weighted by atomic mass is 127. The number of para-hydroxylation sites is 1. The number of likely N-dealkylation sites (tertiary alicyclic amines) is 1. The van der Waals surface area contributed by atoms with Gasteiger partial charge in [0, 0.05) is 50.9 Å². The summed E-state index contributed by atoms with van der Waals surface area (Å²) < 4.78 is 6.08. The Labute approximate surface area is 200 Å². The molecule has 7 heteroatoms. The van der Waals surface area contributed by atoms with Gasteiger partial charge < -0.3 is 20.3 Å². The summed E-state index contributed by atoms with van der Waals surface area (Å²) in [6.45, 7) is 17.9. The third kappa shape index (κ3) is 8.23. The Hall–Kier alpha value is -1.06. The van der Waals surface area contributed by atoms with Crippen LogP contribution in [0.5, 0.6) is 5.75 Å². The molecule has 1 fully saturated rings. The molecule has 1 aliphatic rings. The fourth-order valence-electron chi connectivity index (χ4n) is 3.78. The third-order valence-corrected chi connectivity index (χ3v) is 5.90. The summed E-state index contributed by atoms with van der Waals surface area (Å²) in [5.41, 5.74) is 1.15. The highest BCUT2D eigenvalue weighted by molar-refractivity contribution is 14.0. The Morgan fingerprint density at radius 3 is 2.53 bits per heavy atom. The van der Waals surface area contributed by atoms with Gasteiger partial charge in [0.2, 0.25) is 0 Å². The number of aliphatic imine (C=N–C) groups is 1. The van der Waals surface area contributed by atoms with E-state index >= 15 is 0 Å². The van der Waals surface area contributed by atoms with E-state index in [0.29, 0.717) is 31.2 Å². The molecule has 2 N–H and O–H groups in total. The molecule has 1 aliphatic heterocycles. The number of ether oxygens (including phenoxy) is 1. The van der Waals surface area contributed by atoms with E-state index in [4.69, 9.17) is 4.74 Å². The van der Waals surface area contributed by atoms with Gasteiger partial charge in [-0.15, -0.1) is 24.0 Å². The van der Waals surface area contributed by atoms with Gasteiger partial charge in [-0.1, -0.05) is 39.0 Å². The number of nitrogens with zero attached hydrogens (tertiary/aromatic N) is 3. The van der Waals surface area contributed by atoms with Crippen molar-refractivity contribution in [2.75, 3.05) is 46.4 Å². The van der Waals surface area contributed by atoms with Gasteiger partial charge in [-0.3, -0.25) is 9.89 Å². The normalized spacial score (nSPS) is 19.8. The molecule has 2 atom stereocenters. The quantitative estimate of drug-likeness (QED) is 0.276. The van der Waals surface area contributed by atoms with Crippen molar-refractivity contribution >= 4 is 29.9 Å². The average molecular weight is 532 g/mol. The summed E-state index contributed by atoms with van der Waals surface area (Å²) in [5.74, 6) is 2.40. The van der Waals surface area contributed by atoms with Gasteiger partial charge in [0.25, 0.3) is 0 Å². The fourth-order valence-corrected chi connectivity index (χ4v) is 3.78. The summed E-state index contributed by atoms with van der Waals surface area (Å²) in [6.07, 6.45) is 0. The van der Waals surface area contributed by atoms with Gasteiger partial charge in [0.15, 0.2) is 5.96 Å². The van der Waals surface area contributed by atoms with Crippen LogP contribution in [-0.2, 0) is 6.54 Å². The SMILES string of the molecule is CCN(CC)CCOc1ccccc1CNC(=NC)NC1CN(C(C)C)CC1C.I. The molecule has 2 rings (SSSR count). The largest absolute Gasteiger partial charge is 0.492 e. The third-order valence-electron chi connectivity index (χ3n) is 5.90. The van der Waals surface area contributed by atoms with Crippen LogP contribution in [0.4, 0.5) is 0 Å². The predicted octanol–water partition coefficient (Wildman–Crippen LogP) is 3.42. The monoisotopic (exact) mass is 531 g/mol. The summed E-state index contributed by atoms with van der Waals surface area (Å²) >= 11 is 0. The van der Waals surface area contributed by atoms with Crippen LogP contribution in [0.3, 0.4) is 0 Å². The molecule has 1 aromatic carbocycles. The van der Waals surface area contributed by atoms with Crippen molar-refractivity contribution in [3.8, 4) is 5.75 Å². The molecular weight excluding hydrogens is 489 g/mol. The lowest BCUT2D eigenvalue weighted by atomic mass is 10.1. The van der Waals surface area contributed by atoms with Crippen LogP contribution in [0.2, 0.25) is 0 Å². The number of hydrogen-bond acceptors (Lipinski definition) is 4. The van der Waals surface area contributed by atoms with Crippen molar-refractivity contribution < 1.29 is 4.74 Å². The zero-order chi connectivity index (χ0) is 21.2. The second kappa shape index (κ2) is 14.1. The standard InChI is InChI=1S/C23H41N5O.HI/c1-7-27(8-2)13-14-29-22-12-10-9-11-20(22)15-25-23(24-6)26-21-17-28(18(3)4)16-19(21)5;/h9-12,18-19,21H,7-8,13-17H2,1-6H3,(H2,24,25,26);1H. The number of halogens is 1. The molecule has 0 aromatic heterocycles. The van der Waals surface area contributed by atoms with E-state index in [1.807, 2.05) is 13.1 Å². The Balaban J connectivity index is 0.00000450. The molecular formula is C23H42IN5O. The topological polar surface area (TPSA) is 52.1 Å². The van der Waals surface area contributed by atoms with E-state index in [2.05, 4.69) is 78.2 Å². The van der Waals surface area contributed by atoms with E-state index in [1.165, 1.54) is 0 Å². The molecule has 0 aliphatic carbocycles. The molecule has 1 aromatic rings. The van der Waals surface area contributed by atoms with E-state index in [-0.39, 0.29) is 24.0 Å². The second-order valence-electron chi connectivity index (χ2n) is 8.18. The van der Waals surface area contributed by atoms with E-state index in [0.717, 1.165) is 50.0 Å². The van der Waals surface area contributed by atoms with Gasteiger partial charge in [-0.25, -0.2) is 0 Å². The van der Waals surface area contributed by atoms with Crippen LogP contribution in [0.1, 0.15) is 40.2 Å². The maximum atomic E-state index is 6.08. The Morgan fingerprint density at radius 1 is 1.23 bits per heavy atom. The molecule has 6 nitrogen and oxygen atoms in total. The molecule has 0 amide bonds.